The van der Waals surface area contributed by atoms with Gasteiger partial charge in [-0.3, -0.25) is 9.52 Å². The van der Waals surface area contributed by atoms with Gasteiger partial charge in [-0.05, 0) is 62.1 Å². The second-order valence-electron chi connectivity index (χ2n) is 6.38. The topological polar surface area (TPSA) is 66.5 Å². The molecule has 1 saturated heterocycles. The van der Waals surface area contributed by atoms with E-state index in [1.165, 1.54) is 12.1 Å². The Hall–Kier alpha value is -2.34. The summed E-state index contributed by atoms with van der Waals surface area (Å²) in [6, 6.07) is 11.7. The molecule has 1 N–H and O–H groups in total. The number of sulfonamides is 1. The Morgan fingerprint density at radius 3 is 2.44 bits per heavy atom. The normalized spacial score (nSPS) is 14.6. The van der Waals surface area contributed by atoms with Crippen LogP contribution in [0.25, 0.3) is 0 Å². The molecule has 0 aliphatic carbocycles. The number of likely N-dealkylation sites (tertiary alicyclic amines) is 1. The van der Waals surface area contributed by atoms with Gasteiger partial charge in [0.2, 0.25) is 0 Å². The van der Waals surface area contributed by atoms with E-state index in [1.54, 1.807) is 23.1 Å². The summed E-state index contributed by atoms with van der Waals surface area (Å²) in [5, 5.41) is 0. The average molecular weight is 358 g/mol. The van der Waals surface area contributed by atoms with Gasteiger partial charge in [-0.2, -0.15) is 0 Å². The minimum atomic E-state index is -3.75. The van der Waals surface area contributed by atoms with Gasteiger partial charge in [0.1, 0.15) is 0 Å². The Morgan fingerprint density at radius 1 is 1.04 bits per heavy atom. The largest absolute Gasteiger partial charge is 0.339 e. The van der Waals surface area contributed by atoms with Gasteiger partial charge in [0, 0.05) is 18.7 Å². The fourth-order valence-electron chi connectivity index (χ4n) is 2.96. The lowest BCUT2D eigenvalue weighted by Gasteiger charge is -2.16. The molecule has 6 heteroatoms. The van der Waals surface area contributed by atoms with Crippen LogP contribution in [0.3, 0.4) is 0 Å². The van der Waals surface area contributed by atoms with E-state index in [1.807, 2.05) is 26.0 Å². The van der Waals surface area contributed by atoms with Crippen molar-refractivity contribution in [2.24, 2.45) is 0 Å². The van der Waals surface area contributed by atoms with E-state index in [4.69, 9.17) is 0 Å². The minimum Gasteiger partial charge on any atom is -0.339 e. The number of nitrogens with zero attached hydrogens (tertiary/aromatic N) is 1. The highest BCUT2D eigenvalue weighted by Gasteiger charge is 2.22. The monoisotopic (exact) mass is 358 g/mol. The first-order chi connectivity index (χ1) is 11.9. The molecule has 3 rings (SSSR count). The molecule has 132 valence electrons. The summed E-state index contributed by atoms with van der Waals surface area (Å²) in [7, 11) is -3.75. The Labute approximate surface area is 148 Å². The predicted octanol–water partition coefficient (Wildman–Crippen LogP) is 3.34. The van der Waals surface area contributed by atoms with Crippen molar-refractivity contribution in [3.8, 4) is 0 Å². The lowest BCUT2D eigenvalue weighted by atomic mass is 10.1. The van der Waals surface area contributed by atoms with Gasteiger partial charge in [-0.15, -0.1) is 0 Å². The van der Waals surface area contributed by atoms with Gasteiger partial charge >= 0.3 is 0 Å². The van der Waals surface area contributed by atoms with Crippen molar-refractivity contribution in [2.75, 3.05) is 17.8 Å². The number of aryl methyl sites for hydroxylation is 1. The molecule has 1 aliphatic rings. The summed E-state index contributed by atoms with van der Waals surface area (Å²) < 4.78 is 28.1. The molecule has 0 atom stereocenters. The van der Waals surface area contributed by atoms with Crippen molar-refractivity contribution in [2.45, 2.75) is 31.6 Å². The molecule has 0 saturated carbocycles. The molecule has 1 heterocycles. The van der Waals surface area contributed by atoms with E-state index in [0.717, 1.165) is 37.1 Å². The number of anilines is 1. The molecule has 1 fully saturated rings. The van der Waals surface area contributed by atoms with Gasteiger partial charge in [0.25, 0.3) is 15.9 Å². The second kappa shape index (κ2) is 6.88. The van der Waals surface area contributed by atoms with Crippen LogP contribution >= 0.6 is 0 Å². The predicted molar refractivity (Wildman–Crippen MR) is 98.3 cm³/mol. The highest BCUT2D eigenvalue weighted by atomic mass is 32.2. The maximum Gasteiger partial charge on any atom is 0.261 e. The molecular weight excluding hydrogens is 336 g/mol. The van der Waals surface area contributed by atoms with Crippen molar-refractivity contribution in [3.05, 3.63) is 59.2 Å². The van der Waals surface area contributed by atoms with Crippen molar-refractivity contribution in [1.29, 1.82) is 0 Å². The molecule has 1 amide bonds. The SMILES string of the molecule is Cc1cccc(NS(=O)(=O)c2cccc(C(=O)N3CCCC3)c2)c1C. The lowest BCUT2D eigenvalue weighted by Crippen LogP contribution is -2.27. The first-order valence-electron chi connectivity index (χ1n) is 8.37. The number of amides is 1. The molecule has 2 aromatic carbocycles. The summed E-state index contributed by atoms with van der Waals surface area (Å²) in [6.45, 7) is 5.27. The van der Waals surface area contributed by atoms with Crippen molar-refractivity contribution < 1.29 is 13.2 Å². The van der Waals surface area contributed by atoms with Crippen LogP contribution in [-0.4, -0.2) is 32.3 Å². The zero-order valence-corrected chi connectivity index (χ0v) is 15.3. The smallest absolute Gasteiger partial charge is 0.261 e. The average Bonchev–Trinajstić information content (AvgIpc) is 3.13. The number of nitrogens with one attached hydrogen (secondary N) is 1. The first-order valence-corrected chi connectivity index (χ1v) is 9.85. The van der Waals surface area contributed by atoms with Crippen molar-refractivity contribution in [1.82, 2.24) is 4.90 Å². The van der Waals surface area contributed by atoms with Crippen LogP contribution in [-0.2, 0) is 10.0 Å². The molecule has 0 aromatic heterocycles. The third-order valence-corrected chi connectivity index (χ3v) is 6.00. The summed E-state index contributed by atoms with van der Waals surface area (Å²) >= 11 is 0. The first kappa shape index (κ1) is 17.5. The molecular formula is C19H22N2O3S. The Balaban J connectivity index is 1.88. The highest BCUT2D eigenvalue weighted by molar-refractivity contribution is 7.92. The van der Waals surface area contributed by atoms with Crippen LogP contribution in [0.4, 0.5) is 5.69 Å². The van der Waals surface area contributed by atoms with Crippen LogP contribution in [0, 0.1) is 13.8 Å². The van der Waals surface area contributed by atoms with Gasteiger partial charge in [-0.1, -0.05) is 18.2 Å². The molecule has 25 heavy (non-hydrogen) atoms. The molecule has 0 unspecified atom stereocenters. The van der Waals surface area contributed by atoms with Crippen molar-refractivity contribution >= 4 is 21.6 Å². The van der Waals surface area contributed by atoms with Crippen LogP contribution in [0.15, 0.2) is 47.4 Å². The maximum absolute atomic E-state index is 12.7. The fourth-order valence-corrected chi connectivity index (χ4v) is 4.13. The number of benzene rings is 2. The van der Waals surface area contributed by atoms with E-state index < -0.39 is 10.0 Å². The Morgan fingerprint density at radius 2 is 1.72 bits per heavy atom. The highest BCUT2D eigenvalue weighted by Crippen LogP contribution is 2.23. The van der Waals surface area contributed by atoms with Gasteiger partial charge in [-0.25, -0.2) is 8.42 Å². The van der Waals surface area contributed by atoms with Crippen molar-refractivity contribution in [3.63, 3.8) is 0 Å². The third kappa shape index (κ3) is 3.69. The zero-order chi connectivity index (χ0) is 18.0. The molecule has 1 aliphatic heterocycles. The molecule has 0 radical (unpaired) electrons. The number of rotatable bonds is 4. The number of hydrogen-bond acceptors (Lipinski definition) is 3. The standard InChI is InChI=1S/C19H22N2O3S/c1-14-7-5-10-18(15(14)2)20-25(23,24)17-9-6-8-16(13-17)19(22)21-11-3-4-12-21/h5-10,13,20H,3-4,11-12H2,1-2H3. The van der Waals surface area contributed by atoms with E-state index in [9.17, 15) is 13.2 Å². The quantitative estimate of drug-likeness (QED) is 0.911. The number of carbonyl (C=O) groups is 1. The molecule has 0 bridgehead atoms. The van der Waals surface area contributed by atoms with Gasteiger partial charge in [0.05, 0.1) is 10.6 Å². The van der Waals surface area contributed by atoms with Crippen LogP contribution in [0.2, 0.25) is 0 Å². The van der Waals surface area contributed by atoms with Crippen LogP contribution in [0.1, 0.15) is 34.3 Å². The summed E-state index contributed by atoms with van der Waals surface area (Å²) in [4.78, 5) is 14.4. The summed E-state index contributed by atoms with van der Waals surface area (Å²) in [5.74, 6) is -0.110. The Kier molecular flexibility index (Phi) is 4.81. The minimum absolute atomic E-state index is 0.0958. The molecule has 0 spiro atoms. The zero-order valence-electron chi connectivity index (χ0n) is 14.5. The Bertz CT molecular complexity index is 901. The summed E-state index contributed by atoms with van der Waals surface area (Å²) in [5.41, 5.74) is 2.86. The molecule has 5 nitrogen and oxygen atoms in total. The van der Waals surface area contributed by atoms with E-state index in [2.05, 4.69) is 4.72 Å². The fraction of sp³-hybridized carbons (Fsp3) is 0.316. The van der Waals surface area contributed by atoms with E-state index >= 15 is 0 Å². The van der Waals surface area contributed by atoms with E-state index in [0.29, 0.717) is 11.3 Å². The summed E-state index contributed by atoms with van der Waals surface area (Å²) in [6.07, 6.45) is 2.00. The lowest BCUT2D eigenvalue weighted by molar-refractivity contribution is 0.0792. The third-order valence-electron chi connectivity index (χ3n) is 4.63. The number of carbonyl (C=O) groups excluding carboxylic acids is 1. The number of hydrogen-bond donors (Lipinski definition) is 1. The van der Waals surface area contributed by atoms with Crippen LogP contribution in [0.5, 0.6) is 0 Å². The van der Waals surface area contributed by atoms with Gasteiger partial charge < -0.3 is 4.90 Å². The van der Waals surface area contributed by atoms with Gasteiger partial charge in [0.15, 0.2) is 0 Å². The second-order valence-corrected chi connectivity index (χ2v) is 8.06. The maximum atomic E-state index is 12.7. The van der Waals surface area contributed by atoms with E-state index in [-0.39, 0.29) is 10.8 Å². The van der Waals surface area contributed by atoms with Crippen LogP contribution < -0.4 is 4.72 Å². The molecule has 2 aromatic rings.